The summed E-state index contributed by atoms with van der Waals surface area (Å²) in [5, 5.41) is 0. The highest BCUT2D eigenvalue weighted by molar-refractivity contribution is 5.81. The molecule has 1 saturated carbocycles. The molecule has 9 heteroatoms. The first kappa shape index (κ1) is 23.1. The van der Waals surface area contributed by atoms with Gasteiger partial charge in [0.1, 0.15) is 30.3 Å². The maximum atomic E-state index is 14.9. The second-order valence-corrected chi connectivity index (χ2v) is 7.35. The largest absolute Gasteiger partial charge is 0.486 e. The lowest BCUT2D eigenvalue weighted by Crippen LogP contribution is -2.13. The number of carbonyl (C=O) groups excluding carboxylic acids is 1. The Kier molecular flexibility index (Phi) is 7.32. The number of aromatic nitrogens is 2. The van der Waals surface area contributed by atoms with Crippen molar-refractivity contribution in [2.24, 2.45) is 11.5 Å². The van der Waals surface area contributed by atoms with Gasteiger partial charge in [0.2, 0.25) is 6.41 Å². The Morgan fingerprint density at radius 3 is 2.44 bits per heavy atom. The minimum Gasteiger partial charge on any atom is -0.486 e. The first-order valence-electron chi connectivity index (χ1n) is 10.1. The van der Waals surface area contributed by atoms with Gasteiger partial charge in [-0.25, -0.2) is 18.7 Å². The summed E-state index contributed by atoms with van der Waals surface area (Å²) in [6.07, 6.45) is 3.71. The number of benzene rings is 2. The lowest BCUT2D eigenvalue weighted by Gasteiger charge is -2.16. The van der Waals surface area contributed by atoms with Crippen LogP contribution in [0.1, 0.15) is 29.9 Å². The lowest BCUT2D eigenvalue weighted by atomic mass is 9.93. The number of nitrogens with two attached hydrogens (primary N) is 3. The van der Waals surface area contributed by atoms with Gasteiger partial charge in [-0.1, -0.05) is 12.1 Å². The summed E-state index contributed by atoms with van der Waals surface area (Å²) in [7, 11) is 0. The third-order valence-electron chi connectivity index (χ3n) is 5.16. The smallest absolute Gasteiger partial charge is 0.204 e. The Labute approximate surface area is 184 Å². The number of anilines is 1. The number of nitrogens with zero attached hydrogens (tertiary/aromatic N) is 2. The molecule has 3 aromatic rings. The quantitative estimate of drug-likeness (QED) is 0.503. The average molecular weight is 441 g/mol. The Balaban J connectivity index is 0.000000913. The highest BCUT2D eigenvalue weighted by Crippen LogP contribution is 2.42. The molecule has 4 rings (SSSR count). The second kappa shape index (κ2) is 10.1. The van der Waals surface area contributed by atoms with Gasteiger partial charge in [0, 0.05) is 17.7 Å². The number of ether oxygens (including phenoxy) is 1. The van der Waals surface area contributed by atoms with Gasteiger partial charge in [-0.2, -0.15) is 0 Å². The first-order chi connectivity index (χ1) is 15.4. The molecule has 0 spiro atoms. The molecule has 1 heterocycles. The molecule has 7 nitrogen and oxygen atoms in total. The molecule has 0 atom stereocenters. The van der Waals surface area contributed by atoms with Crippen LogP contribution in [0.15, 0.2) is 36.7 Å². The molecule has 1 aliphatic rings. The highest BCUT2D eigenvalue weighted by atomic mass is 19.1. The van der Waals surface area contributed by atoms with Crippen LogP contribution in [0.3, 0.4) is 0 Å². The van der Waals surface area contributed by atoms with E-state index in [4.69, 9.17) is 21.0 Å². The highest BCUT2D eigenvalue weighted by Gasteiger charge is 2.25. The van der Waals surface area contributed by atoms with E-state index >= 15 is 0 Å². The van der Waals surface area contributed by atoms with Crippen molar-refractivity contribution in [2.45, 2.75) is 25.7 Å². The standard InChI is InChI=1S/C22H22F2N4O.CH3NO/c1-12-17(16-5-4-14(8-19(16)24)13-2-3-13)9-15(23)10-18(12)20-21(29-7-6-25)22(26)28-11-27-20;2-1-3/h4-5,8-11,13H,2-3,6-7,25H2,1H3,(H2,26,27,28);1H,(H2,2,3). The summed E-state index contributed by atoms with van der Waals surface area (Å²) in [5.41, 5.74) is 18.9. The van der Waals surface area contributed by atoms with Crippen molar-refractivity contribution in [1.29, 1.82) is 0 Å². The number of carbonyl (C=O) groups is 1. The van der Waals surface area contributed by atoms with Crippen molar-refractivity contribution in [1.82, 2.24) is 9.97 Å². The van der Waals surface area contributed by atoms with E-state index < -0.39 is 5.82 Å². The van der Waals surface area contributed by atoms with Crippen LogP contribution in [-0.4, -0.2) is 29.5 Å². The van der Waals surface area contributed by atoms with Gasteiger partial charge in [-0.3, -0.25) is 4.79 Å². The Hall–Kier alpha value is -3.59. The molecular weight excluding hydrogens is 416 g/mol. The normalized spacial score (nSPS) is 12.6. The van der Waals surface area contributed by atoms with Crippen LogP contribution in [0.4, 0.5) is 14.6 Å². The van der Waals surface area contributed by atoms with Crippen molar-refractivity contribution in [3.63, 3.8) is 0 Å². The van der Waals surface area contributed by atoms with Crippen LogP contribution in [-0.2, 0) is 4.79 Å². The molecule has 0 saturated heterocycles. The second-order valence-electron chi connectivity index (χ2n) is 7.35. The van der Waals surface area contributed by atoms with Gasteiger partial charge in [0.05, 0.1) is 0 Å². The maximum absolute atomic E-state index is 14.9. The molecule has 32 heavy (non-hydrogen) atoms. The molecular formula is C23H25F2N5O2. The van der Waals surface area contributed by atoms with Crippen LogP contribution in [0.5, 0.6) is 5.75 Å². The van der Waals surface area contributed by atoms with Crippen molar-refractivity contribution in [3.05, 3.63) is 59.4 Å². The van der Waals surface area contributed by atoms with Crippen LogP contribution < -0.4 is 21.9 Å². The number of primary amides is 1. The van der Waals surface area contributed by atoms with E-state index in [1.165, 1.54) is 18.5 Å². The van der Waals surface area contributed by atoms with Crippen molar-refractivity contribution < 1.29 is 18.3 Å². The molecule has 1 aliphatic carbocycles. The topological polar surface area (TPSA) is 130 Å². The SMILES string of the molecule is Cc1c(-c2ccc(C3CC3)cc2F)cc(F)cc1-c1ncnc(N)c1OCCN.NC=O. The first-order valence-corrected chi connectivity index (χ1v) is 10.1. The number of rotatable bonds is 6. The Bertz CT molecular complexity index is 1120. The molecule has 0 radical (unpaired) electrons. The molecule has 6 N–H and O–H groups in total. The van der Waals surface area contributed by atoms with E-state index in [0.29, 0.717) is 33.9 Å². The zero-order valence-corrected chi connectivity index (χ0v) is 17.6. The van der Waals surface area contributed by atoms with E-state index in [1.54, 1.807) is 19.1 Å². The zero-order chi connectivity index (χ0) is 23.3. The van der Waals surface area contributed by atoms with Gasteiger partial charge in [-0.05, 0) is 60.6 Å². The summed E-state index contributed by atoms with van der Waals surface area (Å²) >= 11 is 0. The van der Waals surface area contributed by atoms with Crippen molar-refractivity contribution >= 4 is 12.2 Å². The van der Waals surface area contributed by atoms with Gasteiger partial charge in [0.15, 0.2) is 11.6 Å². The van der Waals surface area contributed by atoms with Crippen LogP contribution in [0.2, 0.25) is 0 Å². The van der Waals surface area contributed by atoms with Crippen molar-refractivity contribution in [3.8, 4) is 28.1 Å². The number of halogens is 2. The van der Waals surface area contributed by atoms with Crippen molar-refractivity contribution in [2.75, 3.05) is 18.9 Å². The molecule has 0 aliphatic heterocycles. The molecule has 1 fully saturated rings. The Morgan fingerprint density at radius 2 is 1.81 bits per heavy atom. The van der Waals surface area contributed by atoms with Gasteiger partial charge in [0.25, 0.3) is 0 Å². The fraction of sp³-hybridized carbons (Fsp3) is 0.261. The van der Waals surface area contributed by atoms with Gasteiger partial charge < -0.3 is 21.9 Å². The summed E-state index contributed by atoms with van der Waals surface area (Å²) in [4.78, 5) is 16.8. The molecule has 1 amide bonds. The van der Waals surface area contributed by atoms with E-state index in [1.807, 2.05) is 6.07 Å². The number of nitrogen functional groups attached to an aromatic ring is 1. The molecule has 1 aromatic heterocycles. The molecule has 0 unspecified atom stereocenters. The van der Waals surface area contributed by atoms with Crippen LogP contribution in [0.25, 0.3) is 22.4 Å². The predicted molar refractivity (Wildman–Crippen MR) is 119 cm³/mol. The summed E-state index contributed by atoms with van der Waals surface area (Å²) in [6, 6.07) is 7.86. The lowest BCUT2D eigenvalue weighted by molar-refractivity contribution is -0.106. The fourth-order valence-electron chi connectivity index (χ4n) is 3.51. The van der Waals surface area contributed by atoms with Gasteiger partial charge >= 0.3 is 0 Å². The summed E-state index contributed by atoms with van der Waals surface area (Å²) in [6.45, 7) is 2.28. The van der Waals surface area contributed by atoms with Crippen LogP contribution >= 0.6 is 0 Å². The average Bonchev–Trinajstić information content (AvgIpc) is 3.60. The third kappa shape index (κ3) is 5.00. The minimum atomic E-state index is -0.506. The van der Waals surface area contributed by atoms with E-state index in [0.717, 1.165) is 18.4 Å². The fourth-order valence-corrected chi connectivity index (χ4v) is 3.51. The van der Waals surface area contributed by atoms with Crippen LogP contribution in [0, 0.1) is 18.6 Å². The maximum Gasteiger partial charge on any atom is 0.204 e. The van der Waals surface area contributed by atoms with E-state index in [2.05, 4.69) is 15.7 Å². The summed E-state index contributed by atoms with van der Waals surface area (Å²) in [5.74, 6) is -0.0613. The molecule has 2 aromatic carbocycles. The number of hydrogen-bond donors (Lipinski definition) is 3. The number of amides is 1. The zero-order valence-electron chi connectivity index (χ0n) is 17.6. The minimum absolute atomic E-state index is 0.133. The van der Waals surface area contributed by atoms with E-state index in [-0.39, 0.29) is 36.9 Å². The molecule has 0 bridgehead atoms. The number of hydrogen-bond acceptors (Lipinski definition) is 6. The van der Waals surface area contributed by atoms with E-state index in [9.17, 15) is 8.78 Å². The third-order valence-corrected chi connectivity index (χ3v) is 5.16. The Morgan fingerprint density at radius 1 is 1.12 bits per heavy atom. The summed E-state index contributed by atoms with van der Waals surface area (Å²) < 4.78 is 35.0. The monoisotopic (exact) mass is 441 g/mol. The molecule has 168 valence electrons. The predicted octanol–water partition coefficient (Wildman–Crippen LogP) is 3.30. The van der Waals surface area contributed by atoms with Gasteiger partial charge in [-0.15, -0.1) is 0 Å².